The molecule has 0 amide bonds. The van der Waals surface area contributed by atoms with Crippen molar-refractivity contribution in [2.45, 2.75) is 51.8 Å². The predicted octanol–water partition coefficient (Wildman–Crippen LogP) is 4.28. The molecule has 29 heavy (non-hydrogen) atoms. The van der Waals surface area contributed by atoms with Crippen LogP contribution in [0, 0.1) is 0 Å². The van der Waals surface area contributed by atoms with Gasteiger partial charge in [0.05, 0.1) is 32.0 Å². The van der Waals surface area contributed by atoms with Crippen molar-refractivity contribution in [1.82, 2.24) is 15.6 Å². The molecule has 1 aliphatic rings. The van der Waals surface area contributed by atoms with Gasteiger partial charge in [0.2, 0.25) is 0 Å². The van der Waals surface area contributed by atoms with E-state index >= 15 is 0 Å². The van der Waals surface area contributed by atoms with Crippen LogP contribution in [-0.2, 0) is 13.1 Å². The van der Waals surface area contributed by atoms with E-state index in [0.717, 1.165) is 48.1 Å². The average Bonchev–Trinajstić information content (AvgIpc) is 3.24. The molecule has 0 atom stereocenters. The van der Waals surface area contributed by atoms with Crippen LogP contribution in [-0.4, -0.2) is 30.7 Å². The minimum absolute atomic E-state index is 0. The Morgan fingerprint density at radius 1 is 1.14 bits per heavy atom. The summed E-state index contributed by atoms with van der Waals surface area (Å²) < 4.78 is 11.7. The second-order valence-electron chi connectivity index (χ2n) is 6.88. The number of hydrogen-bond donors (Lipinski definition) is 2. The lowest BCUT2D eigenvalue weighted by atomic mass is 10.2. The van der Waals surface area contributed by atoms with Gasteiger partial charge in [0.15, 0.2) is 17.5 Å². The predicted molar refractivity (Wildman–Crippen MR) is 127 cm³/mol. The van der Waals surface area contributed by atoms with Gasteiger partial charge in [0.25, 0.3) is 0 Å². The number of ether oxygens (including phenoxy) is 2. The van der Waals surface area contributed by atoms with E-state index in [-0.39, 0.29) is 24.0 Å². The highest BCUT2D eigenvalue weighted by molar-refractivity contribution is 14.0. The Morgan fingerprint density at radius 2 is 1.97 bits per heavy atom. The Labute approximate surface area is 190 Å². The minimum atomic E-state index is 0. The number of benzene rings is 1. The number of nitrogens with one attached hydrogen (secondary N) is 2. The molecule has 1 fully saturated rings. The molecule has 2 N–H and O–H groups in total. The topological polar surface area (TPSA) is 67.8 Å². The smallest absolute Gasteiger partial charge is 0.191 e. The molecule has 0 aliphatic heterocycles. The number of rotatable bonds is 8. The molecule has 1 aliphatic carbocycles. The molecule has 0 bridgehead atoms. The first kappa shape index (κ1) is 23.3. The normalized spacial score (nSPS) is 14.2. The number of guanidine groups is 1. The summed E-state index contributed by atoms with van der Waals surface area (Å²) in [5.74, 6) is 2.36. The summed E-state index contributed by atoms with van der Waals surface area (Å²) in [6, 6.07) is 11.9. The van der Waals surface area contributed by atoms with Crippen molar-refractivity contribution in [3.05, 3.63) is 53.9 Å². The van der Waals surface area contributed by atoms with Crippen molar-refractivity contribution in [3.8, 4) is 11.5 Å². The fraction of sp³-hybridized carbons (Fsp3) is 0.455. The Hall–Kier alpha value is -2.03. The van der Waals surface area contributed by atoms with Crippen LogP contribution < -0.4 is 20.1 Å². The number of nitrogens with zero attached hydrogens (tertiary/aromatic N) is 2. The number of methoxy groups -OCH3 is 1. The van der Waals surface area contributed by atoms with Crippen molar-refractivity contribution in [1.29, 1.82) is 0 Å². The van der Waals surface area contributed by atoms with Gasteiger partial charge in [-0.15, -0.1) is 24.0 Å². The first-order valence-electron chi connectivity index (χ1n) is 10.0. The van der Waals surface area contributed by atoms with Gasteiger partial charge in [-0.05, 0) is 62.4 Å². The van der Waals surface area contributed by atoms with Crippen molar-refractivity contribution in [3.63, 3.8) is 0 Å². The first-order chi connectivity index (χ1) is 13.8. The van der Waals surface area contributed by atoms with Gasteiger partial charge < -0.3 is 20.1 Å². The largest absolute Gasteiger partial charge is 0.493 e. The van der Waals surface area contributed by atoms with Crippen LogP contribution in [0.1, 0.15) is 43.9 Å². The molecule has 1 aromatic heterocycles. The third kappa shape index (κ3) is 7.38. The van der Waals surface area contributed by atoms with Crippen molar-refractivity contribution >= 4 is 29.9 Å². The zero-order chi connectivity index (χ0) is 19.6. The average molecular weight is 510 g/mol. The Kier molecular flexibility index (Phi) is 10.0. The van der Waals surface area contributed by atoms with Gasteiger partial charge in [0.1, 0.15) is 0 Å². The van der Waals surface area contributed by atoms with Gasteiger partial charge in [-0.3, -0.25) is 4.98 Å². The number of halogens is 1. The van der Waals surface area contributed by atoms with E-state index in [1.807, 2.05) is 36.4 Å². The second-order valence-corrected chi connectivity index (χ2v) is 6.88. The zero-order valence-electron chi connectivity index (χ0n) is 17.2. The molecule has 3 rings (SSSR count). The lowest BCUT2D eigenvalue weighted by molar-refractivity contribution is 0.200. The van der Waals surface area contributed by atoms with Crippen molar-refractivity contribution < 1.29 is 9.47 Å². The van der Waals surface area contributed by atoms with E-state index in [9.17, 15) is 0 Å². The number of aromatic nitrogens is 1. The van der Waals surface area contributed by atoms with Crippen LogP contribution in [0.2, 0.25) is 0 Å². The van der Waals surface area contributed by atoms with E-state index in [0.29, 0.717) is 19.2 Å². The van der Waals surface area contributed by atoms with E-state index in [4.69, 9.17) is 14.5 Å². The van der Waals surface area contributed by atoms with Crippen molar-refractivity contribution in [2.75, 3.05) is 13.7 Å². The van der Waals surface area contributed by atoms with Gasteiger partial charge >= 0.3 is 0 Å². The molecule has 0 saturated heterocycles. The van der Waals surface area contributed by atoms with Crippen molar-refractivity contribution in [2.24, 2.45) is 4.99 Å². The highest BCUT2D eigenvalue weighted by Crippen LogP contribution is 2.32. The number of hydrogen-bond acceptors (Lipinski definition) is 4. The molecular formula is C22H31IN4O2. The molecule has 0 radical (unpaired) electrons. The Balaban J connectivity index is 0.00000300. The third-order valence-corrected chi connectivity index (χ3v) is 4.75. The highest BCUT2D eigenvalue weighted by Gasteiger charge is 2.18. The number of pyridine rings is 1. The van der Waals surface area contributed by atoms with Gasteiger partial charge in [-0.1, -0.05) is 12.1 Å². The third-order valence-electron chi connectivity index (χ3n) is 4.75. The van der Waals surface area contributed by atoms with E-state index in [1.165, 1.54) is 12.8 Å². The molecular weight excluding hydrogens is 479 g/mol. The van der Waals surface area contributed by atoms with Crippen LogP contribution in [0.25, 0.3) is 0 Å². The van der Waals surface area contributed by atoms with Crippen LogP contribution in [0.5, 0.6) is 11.5 Å². The van der Waals surface area contributed by atoms with Gasteiger partial charge in [0, 0.05) is 12.7 Å². The monoisotopic (exact) mass is 510 g/mol. The molecule has 7 heteroatoms. The van der Waals surface area contributed by atoms with E-state index in [2.05, 4.69) is 22.5 Å². The summed E-state index contributed by atoms with van der Waals surface area (Å²) in [5.41, 5.74) is 2.06. The lowest BCUT2D eigenvalue weighted by Crippen LogP contribution is -2.37. The lowest BCUT2D eigenvalue weighted by Gasteiger charge is -2.17. The molecule has 6 nitrogen and oxygen atoms in total. The molecule has 1 heterocycles. The summed E-state index contributed by atoms with van der Waals surface area (Å²) in [6.45, 7) is 4.04. The maximum Gasteiger partial charge on any atom is 0.191 e. The molecule has 2 aromatic rings. The molecule has 0 unspecified atom stereocenters. The summed E-state index contributed by atoms with van der Waals surface area (Å²) in [5, 5.41) is 6.60. The van der Waals surface area contributed by atoms with E-state index in [1.54, 1.807) is 13.3 Å². The quantitative estimate of drug-likeness (QED) is 0.315. The Morgan fingerprint density at radius 3 is 2.66 bits per heavy atom. The van der Waals surface area contributed by atoms with Crippen LogP contribution in [0.15, 0.2) is 47.6 Å². The van der Waals surface area contributed by atoms with Crippen LogP contribution in [0.4, 0.5) is 0 Å². The maximum atomic E-state index is 6.18. The minimum Gasteiger partial charge on any atom is -0.493 e. The summed E-state index contributed by atoms with van der Waals surface area (Å²) in [7, 11) is 1.68. The molecule has 1 aromatic carbocycles. The van der Waals surface area contributed by atoms with Gasteiger partial charge in [-0.25, -0.2) is 4.99 Å². The SMILES string of the molecule is CCNC(=NCc1ccc(OC)c(OC2CCCC2)c1)NCc1ccccn1.I. The molecule has 0 spiro atoms. The fourth-order valence-electron chi connectivity index (χ4n) is 3.29. The highest BCUT2D eigenvalue weighted by atomic mass is 127. The molecule has 1 saturated carbocycles. The summed E-state index contributed by atoms with van der Waals surface area (Å²) >= 11 is 0. The van der Waals surface area contributed by atoms with Gasteiger partial charge in [-0.2, -0.15) is 0 Å². The Bertz CT molecular complexity index is 765. The zero-order valence-corrected chi connectivity index (χ0v) is 19.5. The standard InChI is InChI=1S/C22H30N4O2.HI/c1-3-23-22(26-16-18-8-6-7-13-24-18)25-15-17-11-12-20(27-2)21(14-17)28-19-9-4-5-10-19;/h6-8,11-14,19H,3-5,9-10,15-16H2,1-2H3,(H2,23,25,26);1H. The fourth-order valence-corrected chi connectivity index (χ4v) is 3.29. The maximum absolute atomic E-state index is 6.18. The summed E-state index contributed by atoms with van der Waals surface area (Å²) in [6.07, 6.45) is 6.81. The molecule has 158 valence electrons. The second kappa shape index (κ2) is 12.5. The van der Waals surface area contributed by atoms with Crippen LogP contribution >= 0.6 is 24.0 Å². The van der Waals surface area contributed by atoms with E-state index < -0.39 is 0 Å². The summed E-state index contributed by atoms with van der Waals surface area (Å²) in [4.78, 5) is 9.03. The van der Waals surface area contributed by atoms with Crippen LogP contribution in [0.3, 0.4) is 0 Å². The number of aliphatic imine (C=N–C) groups is 1. The first-order valence-corrected chi connectivity index (χ1v) is 10.0.